The number of nitrogens with one attached hydrogen (secondary N) is 1. The molecule has 0 aliphatic carbocycles. The highest BCUT2D eigenvalue weighted by atomic mass is 16.5. The van der Waals surface area contributed by atoms with Crippen LogP contribution in [0.5, 0.6) is 0 Å². The smallest absolute Gasteiger partial charge is 0.333 e. The number of carboxylic acids is 1. The fraction of sp³-hybridized carbons (Fsp3) is 0.800. The number of carboxylic acid groups (broad SMARTS) is 1. The second-order valence-electron chi connectivity index (χ2n) is 4.80. The number of carbonyl (C=O) groups excluding carboxylic acids is 1. The first kappa shape index (κ1) is 14.9. The average molecular weight is 233 g/mol. The van der Waals surface area contributed by atoms with Crippen LogP contribution in [-0.4, -0.2) is 40.0 Å². The van der Waals surface area contributed by atoms with Gasteiger partial charge in [0.1, 0.15) is 5.72 Å². The Labute approximate surface area is 94.6 Å². The van der Waals surface area contributed by atoms with Gasteiger partial charge < -0.3 is 20.3 Å². The number of amides is 1. The van der Waals surface area contributed by atoms with Crippen LogP contribution in [0.1, 0.15) is 34.1 Å². The third-order valence-corrected chi connectivity index (χ3v) is 1.72. The molecule has 0 fully saturated rings. The van der Waals surface area contributed by atoms with Crippen molar-refractivity contribution in [2.45, 2.75) is 51.5 Å². The topological polar surface area (TPSA) is 95.9 Å². The molecule has 0 aromatic heterocycles. The zero-order chi connectivity index (χ0) is 13.0. The van der Waals surface area contributed by atoms with Crippen molar-refractivity contribution in [3.05, 3.63) is 0 Å². The monoisotopic (exact) mass is 233 g/mol. The van der Waals surface area contributed by atoms with E-state index in [-0.39, 0.29) is 6.42 Å². The summed E-state index contributed by atoms with van der Waals surface area (Å²) in [5.41, 5.74) is -2.24. The molecule has 0 aromatic carbocycles. The van der Waals surface area contributed by atoms with E-state index in [2.05, 4.69) is 5.32 Å². The molecule has 0 saturated carbocycles. The highest BCUT2D eigenvalue weighted by Crippen LogP contribution is 2.18. The lowest BCUT2D eigenvalue weighted by molar-refractivity contribution is -0.168. The van der Waals surface area contributed by atoms with Crippen LogP contribution in [0, 0.1) is 0 Å². The molecule has 0 heterocycles. The molecule has 94 valence electrons. The van der Waals surface area contributed by atoms with Crippen molar-refractivity contribution in [3.63, 3.8) is 0 Å². The van der Waals surface area contributed by atoms with Gasteiger partial charge in [0.2, 0.25) is 6.41 Å². The van der Waals surface area contributed by atoms with Gasteiger partial charge in [0.05, 0.1) is 5.60 Å². The molecule has 16 heavy (non-hydrogen) atoms. The molecule has 0 bridgehead atoms. The van der Waals surface area contributed by atoms with E-state index in [0.717, 1.165) is 0 Å². The molecule has 2 atom stereocenters. The molecule has 0 aliphatic heterocycles. The van der Waals surface area contributed by atoms with E-state index in [0.29, 0.717) is 6.41 Å². The number of aliphatic carboxylic acids is 1. The van der Waals surface area contributed by atoms with Crippen molar-refractivity contribution < 1.29 is 24.5 Å². The second kappa shape index (κ2) is 5.27. The Morgan fingerprint density at radius 3 is 2.25 bits per heavy atom. The quantitative estimate of drug-likeness (QED) is 0.446. The van der Waals surface area contributed by atoms with E-state index in [1.54, 1.807) is 20.8 Å². The minimum absolute atomic E-state index is 0.224. The fourth-order valence-corrected chi connectivity index (χ4v) is 1.15. The van der Waals surface area contributed by atoms with E-state index >= 15 is 0 Å². The molecule has 3 N–H and O–H groups in total. The molecule has 6 nitrogen and oxygen atoms in total. The van der Waals surface area contributed by atoms with Gasteiger partial charge in [0.15, 0.2) is 6.10 Å². The van der Waals surface area contributed by atoms with Crippen molar-refractivity contribution >= 4 is 12.4 Å². The van der Waals surface area contributed by atoms with E-state index in [1.165, 1.54) is 6.92 Å². The maximum atomic E-state index is 10.9. The van der Waals surface area contributed by atoms with Gasteiger partial charge in [0.25, 0.3) is 0 Å². The summed E-state index contributed by atoms with van der Waals surface area (Å²) in [5.74, 6) is -1.18. The van der Waals surface area contributed by atoms with Crippen molar-refractivity contribution in [1.82, 2.24) is 5.32 Å². The minimum atomic E-state index is -1.60. The Morgan fingerprint density at radius 1 is 1.44 bits per heavy atom. The van der Waals surface area contributed by atoms with Gasteiger partial charge in [-0.25, -0.2) is 4.79 Å². The van der Waals surface area contributed by atoms with E-state index in [9.17, 15) is 14.7 Å². The van der Waals surface area contributed by atoms with Crippen LogP contribution in [0.3, 0.4) is 0 Å². The first-order valence-electron chi connectivity index (χ1n) is 4.92. The van der Waals surface area contributed by atoms with Gasteiger partial charge in [-0.05, 0) is 27.7 Å². The third kappa shape index (κ3) is 6.36. The Hall–Kier alpha value is -1.14. The normalized spacial score (nSPS) is 17.3. The number of carbonyl (C=O) groups is 2. The van der Waals surface area contributed by atoms with E-state index in [1.807, 2.05) is 0 Å². The number of rotatable bonds is 6. The predicted molar refractivity (Wildman–Crippen MR) is 56.7 cm³/mol. The minimum Gasteiger partial charge on any atom is -0.479 e. The molecule has 0 spiro atoms. The van der Waals surface area contributed by atoms with Crippen LogP contribution in [0.25, 0.3) is 0 Å². The Kier molecular flexibility index (Phi) is 4.89. The third-order valence-electron chi connectivity index (χ3n) is 1.72. The number of hydrogen-bond acceptors (Lipinski definition) is 4. The molecule has 1 amide bonds. The van der Waals surface area contributed by atoms with Crippen LogP contribution in [0.15, 0.2) is 0 Å². The Morgan fingerprint density at radius 2 is 1.94 bits per heavy atom. The molecule has 0 saturated heterocycles. The highest BCUT2D eigenvalue weighted by Gasteiger charge is 2.32. The summed E-state index contributed by atoms with van der Waals surface area (Å²) < 4.78 is 5.27. The van der Waals surface area contributed by atoms with Crippen molar-refractivity contribution in [1.29, 1.82) is 0 Å². The lowest BCUT2D eigenvalue weighted by Crippen LogP contribution is -2.47. The molecule has 2 unspecified atom stereocenters. The van der Waals surface area contributed by atoms with E-state index in [4.69, 9.17) is 9.84 Å². The fourth-order valence-electron chi connectivity index (χ4n) is 1.15. The SMILES string of the molecule is CC(O)(CC(OC(C)(C)C)C(=O)O)NC=O. The van der Waals surface area contributed by atoms with E-state index < -0.39 is 23.4 Å². The first-order chi connectivity index (χ1) is 7.07. The molecule has 0 radical (unpaired) electrons. The zero-order valence-electron chi connectivity index (χ0n) is 9.98. The maximum Gasteiger partial charge on any atom is 0.333 e. The maximum absolute atomic E-state index is 10.9. The Balaban J connectivity index is 4.57. The molecule has 0 aliphatic rings. The van der Waals surface area contributed by atoms with Gasteiger partial charge in [-0.2, -0.15) is 0 Å². The van der Waals surface area contributed by atoms with Gasteiger partial charge in [-0.1, -0.05) is 0 Å². The number of ether oxygens (including phenoxy) is 1. The average Bonchev–Trinajstić information content (AvgIpc) is 1.98. The molecule has 6 heteroatoms. The molecular weight excluding hydrogens is 214 g/mol. The van der Waals surface area contributed by atoms with Crippen molar-refractivity contribution in [2.24, 2.45) is 0 Å². The molecular formula is C10H19NO5. The second-order valence-corrected chi connectivity index (χ2v) is 4.80. The van der Waals surface area contributed by atoms with Gasteiger partial charge >= 0.3 is 5.97 Å². The Bertz CT molecular complexity index is 256. The van der Waals surface area contributed by atoms with Crippen LogP contribution >= 0.6 is 0 Å². The summed E-state index contributed by atoms with van der Waals surface area (Å²) >= 11 is 0. The summed E-state index contributed by atoms with van der Waals surface area (Å²) in [7, 11) is 0. The summed E-state index contributed by atoms with van der Waals surface area (Å²) in [6.07, 6.45) is -1.09. The largest absolute Gasteiger partial charge is 0.479 e. The van der Waals surface area contributed by atoms with Gasteiger partial charge in [-0.3, -0.25) is 4.79 Å². The lowest BCUT2D eigenvalue weighted by Gasteiger charge is -2.30. The number of hydrogen-bond donors (Lipinski definition) is 3. The van der Waals surface area contributed by atoms with Crippen LogP contribution < -0.4 is 5.32 Å². The van der Waals surface area contributed by atoms with Crippen molar-refractivity contribution in [2.75, 3.05) is 0 Å². The summed E-state index contributed by atoms with van der Waals surface area (Å²) in [4.78, 5) is 21.1. The summed E-state index contributed by atoms with van der Waals surface area (Å²) in [5, 5.41) is 20.7. The summed E-state index contributed by atoms with van der Waals surface area (Å²) in [6.45, 7) is 6.45. The van der Waals surface area contributed by atoms with Gasteiger partial charge in [-0.15, -0.1) is 0 Å². The predicted octanol–water partition coefficient (Wildman–Crippen LogP) is 0.0993. The molecule has 0 rings (SSSR count). The van der Waals surface area contributed by atoms with Gasteiger partial charge in [0, 0.05) is 6.42 Å². The molecule has 0 aromatic rings. The van der Waals surface area contributed by atoms with Crippen LogP contribution in [0.4, 0.5) is 0 Å². The number of aliphatic hydroxyl groups is 1. The first-order valence-corrected chi connectivity index (χ1v) is 4.92. The summed E-state index contributed by atoms with van der Waals surface area (Å²) in [6, 6.07) is 0. The lowest BCUT2D eigenvalue weighted by atomic mass is 10.1. The zero-order valence-corrected chi connectivity index (χ0v) is 9.98. The highest BCUT2D eigenvalue weighted by molar-refractivity contribution is 5.72. The van der Waals surface area contributed by atoms with Crippen LogP contribution in [0.2, 0.25) is 0 Å². The van der Waals surface area contributed by atoms with Crippen molar-refractivity contribution in [3.8, 4) is 0 Å². The van der Waals surface area contributed by atoms with Crippen LogP contribution in [-0.2, 0) is 14.3 Å². The standard InChI is InChI=1S/C10H19NO5/c1-9(2,3)16-7(8(13)14)5-10(4,15)11-6-12/h6-7,15H,5H2,1-4H3,(H,11,12)(H,13,14).